The minimum Gasteiger partial charge on any atom is -0.341 e. The summed E-state index contributed by atoms with van der Waals surface area (Å²) in [6.07, 6.45) is 3.25. The number of rotatable bonds is 7. The molecule has 1 aliphatic rings. The van der Waals surface area contributed by atoms with Crippen LogP contribution < -0.4 is 5.73 Å². The summed E-state index contributed by atoms with van der Waals surface area (Å²) in [5.41, 5.74) is 6.84. The van der Waals surface area contributed by atoms with Crippen LogP contribution in [0.3, 0.4) is 0 Å². The van der Waals surface area contributed by atoms with E-state index in [9.17, 15) is 9.18 Å². The summed E-state index contributed by atoms with van der Waals surface area (Å²) in [6, 6.07) is 6.05. The molecular weight excluding hydrogens is 335 g/mol. The fourth-order valence-corrected chi connectivity index (χ4v) is 3.36. The monoisotopic (exact) mass is 360 g/mol. The van der Waals surface area contributed by atoms with E-state index in [1.165, 1.54) is 16.9 Å². The number of hydrogen-bond acceptors (Lipinski definition) is 5. The lowest BCUT2D eigenvalue weighted by molar-refractivity contribution is -0.130. The molecule has 0 saturated carbocycles. The highest BCUT2D eigenvalue weighted by Crippen LogP contribution is 2.21. The van der Waals surface area contributed by atoms with Crippen LogP contribution in [0.5, 0.6) is 0 Å². The number of nitrogens with two attached hydrogens (primary N) is 1. The van der Waals surface area contributed by atoms with Crippen molar-refractivity contribution in [3.8, 4) is 11.4 Å². The second-order valence-corrected chi connectivity index (χ2v) is 6.83. The number of carbonyl (C=O) groups is 1. The number of tetrazole rings is 1. The van der Waals surface area contributed by atoms with E-state index in [4.69, 9.17) is 5.73 Å². The van der Waals surface area contributed by atoms with E-state index in [0.717, 1.165) is 19.4 Å². The zero-order chi connectivity index (χ0) is 18.5. The third-order valence-corrected chi connectivity index (χ3v) is 4.81. The highest BCUT2D eigenvalue weighted by Gasteiger charge is 2.31. The summed E-state index contributed by atoms with van der Waals surface area (Å²) >= 11 is 0. The number of carbonyl (C=O) groups excluding carboxylic acids is 1. The first-order valence-corrected chi connectivity index (χ1v) is 9.14. The summed E-state index contributed by atoms with van der Waals surface area (Å²) in [7, 11) is 0. The zero-order valence-corrected chi connectivity index (χ0v) is 15.0. The number of aromatic nitrogens is 4. The summed E-state index contributed by atoms with van der Waals surface area (Å²) < 4.78 is 13.0. The molecule has 8 heteroatoms. The summed E-state index contributed by atoms with van der Waals surface area (Å²) in [5.74, 6) is 0.698. The van der Waals surface area contributed by atoms with Crippen LogP contribution >= 0.6 is 0 Å². The molecule has 2 N–H and O–H groups in total. The number of amides is 1. The number of likely N-dealkylation sites (tertiary alicyclic amines) is 1. The second kappa shape index (κ2) is 8.35. The van der Waals surface area contributed by atoms with Crippen LogP contribution in [0.15, 0.2) is 24.3 Å². The Labute approximate surface area is 152 Å². The van der Waals surface area contributed by atoms with Crippen molar-refractivity contribution in [2.75, 3.05) is 13.1 Å². The fraction of sp³-hybridized carbons (Fsp3) is 0.556. The first-order valence-electron chi connectivity index (χ1n) is 9.14. The highest BCUT2D eigenvalue weighted by molar-refractivity contribution is 5.76. The van der Waals surface area contributed by atoms with Crippen molar-refractivity contribution in [1.82, 2.24) is 25.1 Å². The van der Waals surface area contributed by atoms with Crippen molar-refractivity contribution in [3.63, 3.8) is 0 Å². The molecule has 1 saturated heterocycles. The summed E-state index contributed by atoms with van der Waals surface area (Å²) in [6.45, 7) is 4.07. The second-order valence-electron chi connectivity index (χ2n) is 6.83. The Balaban J connectivity index is 1.46. The van der Waals surface area contributed by atoms with Gasteiger partial charge in [-0.05, 0) is 48.2 Å². The molecule has 2 atom stereocenters. The molecule has 7 nitrogen and oxygen atoms in total. The van der Waals surface area contributed by atoms with Gasteiger partial charge in [0, 0.05) is 31.1 Å². The maximum absolute atomic E-state index is 13.0. The van der Waals surface area contributed by atoms with E-state index in [-0.39, 0.29) is 17.8 Å². The first kappa shape index (κ1) is 18.4. The van der Waals surface area contributed by atoms with Crippen LogP contribution in [0.25, 0.3) is 11.4 Å². The summed E-state index contributed by atoms with van der Waals surface area (Å²) in [5, 5.41) is 12.3. The van der Waals surface area contributed by atoms with Crippen molar-refractivity contribution in [3.05, 3.63) is 30.1 Å². The van der Waals surface area contributed by atoms with Crippen molar-refractivity contribution >= 4 is 5.91 Å². The van der Waals surface area contributed by atoms with E-state index in [1.54, 1.807) is 12.1 Å². The van der Waals surface area contributed by atoms with Crippen LogP contribution in [0.1, 0.15) is 32.6 Å². The smallest absolute Gasteiger partial charge is 0.222 e. The highest BCUT2D eigenvalue weighted by atomic mass is 19.1. The van der Waals surface area contributed by atoms with E-state index < -0.39 is 0 Å². The third kappa shape index (κ3) is 4.43. The van der Waals surface area contributed by atoms with Crippen LogP contribution in [0.2, 0.25) is 0 Å². The van der Waals surface area contributed by atoms with Gasteiger partial charge in [-0.1, -0.05) is 13.3 Å². The molecular formula is C18H25FN6O. The first-order chi connectivity index (χ1) is 12.6. The average molecular weight is 360 g/mol. The largest absolute Gasteiger partial charge is 0.341 e. The van der Waals surface area contributed by atoms with Gasteiger partial charge in [0.15, 0.2) is 0 Å². The van der Waals surface area contributed by atoms with Crippen molar-refractivity contribution in [2.24, 2.45) is 11.7 Å². The van der Waals surface area contributed by atoms with Gasteiger partial charge in [0.1, 0.15) is 5.82 Å². The maximum atomic E-state index is 13.0. The SMILES string of the molecule is CCC[C@@H]1CN(C(=O)CCCn2nnc(-c3ccc(F)cc3)n2)C[C@H]1N. The minimum atomic E-state index is -0.303. The van der Waals surface area contributed by atoms with Gasteiger partial charge in [-0.3, -0.25) is 4.79 Å². The van der Waals surface area contributed by atoms with Crippen molar-refractivity contribution < 1.29 is 9.18 Å². The molecule has 1 aromatic carbocycles. The minimum absolute atomic E-state index is 0.0918. The molecule has 0 radical (unpaired) electrons. The van der Waals surface area contributed by atoms with Gasteiger partial charge in [0.05, 0.1) is 6.54 Å². The normalized spacial score (nSPS) is 19.9. The summed E-state index contributed by atoms with van der Waals surface area (Å²) in [4.78, 5) is 15.7. The van der Waals surface area contributed by atoms with E-state index in [2.05, 4.69) is 22.3 Å². The van der Waals surface area contributed by atoms with Crippen LogP contribution in [-0.4, -0.2) is 50.1 Å². The number of halogens is 1. The Morgan fingerprint density at radius 3 is 2.81 bits per heavy atom. The molecule has 3 rings (SSSR count). The zero-order valence-electron chi connectivity index (χ0n) is 15.0. The molecule has 2 aromatic rings. The number of benzene rings is 1. The lowest BCUT2D eigenvalue weighted by Crippen LogP contribution is -2.32. The van der Waals surface area contributed by atoms with Gasteiger partial charge in [-0.15, -0.1) is 10.2 Å². The van der Waals surface area contributed by atoms with E-state index >= 15 is 0 Å². The fourth-order valence-electron chi connectivity index (χ4n) is 3.36. The predicted octanol–water partition coefficient (Wildman–Crippen LogP) is 1.85. The molecule has 140 valence electrons. The average Bonchev–Trinajstić information content (AvgIpc) is 3.23. The molecule has 0 spiro atoms. The Hall–Kier alpha value is -2.35. The Bertz CT molecular complexity index is 732. The molecule has 2 heterocycles. The quantitative estimate of drug-likeness (QED) is 0.814. The van der Waals surface area contributed by atoms with Crippen molar-refractivity contribution in [1.29, 1.82) is 0 Å². The predicted molar refractivity (Wildman–Crippen MR) is 95.4 cm³/mol. The molecule has 26 heavy (non-hydrogen) atoms. The molecule has 0 aliphatic carbocycles. The van der Waals surface area contributed by atoms with Gasteiger partial charge in [-0.25, -0.2) is 4.39 Å². The Kier molecular flexibility index (Phi) is 5.92. The van der Waals surface area contributed by atoms with E-state index in [1.807, 2.05) is 4.90 Å². The number of hydrogen-bond donors (Lipinski definition) is 1. The van der Waals surface area contributed by atoms with Crippen LogP contribution in [0.4, 0.5) is 4.39 Å². The van der Waals surface area contributed by atoms with Gasteiger partial charge < -0.3 is 10.6 Å². The maximum Gasteiger partial charge on any atom is 0.222 e. The Morgan fingerprint density at radius 1 is 1.31 bits per heavy atom. The third-order valence-electron chi connectivity index (χ3n) is 4.81. The molecule has 1 amide bonds. The van der Waals surface area contributed by atoms with Gasteiger partial charge in [0.2, 0.25) is 11.7 Å². The van der Waals surface area contributed by atoms with Crippen molar-refractivity contribution in [2.45, 2.75) is 45.2 Å². The lowest BCUT2D eigenvalue weighted by Gasteiger charge is -2.16. The van der Waals surface area contributed by atoms with Gasteiger partial charge in [0.25, 0.3) is 0 Å². The number of aryl methyl sites for hydroxylation is 1. The lowest BCUT2D eigenvalue weighted by atomic mass is 9.99. The van der Waals surface area contributed by atoms with Gasteiger partial charge in [-0.2, -0.15) is 4.80 Å². The molecule has 1 aliphatic heterocycles. The van der Waals surface area contributed by atoms with Crippen LogP contribution in [0, 0.1) is 11.7 Å². The molecule has 1 aromatic heterocycles. The standard InChI is InChI=1S/C18H25FN6O/c1-2-4-14-11-24(12-16(14)20)17(26)5-3-10-25-22-18(21-23-25)13-6-8-15(19)9-7-13/h6-9,14,16H,2-5,10-12,20H2,1H3/t14-,16-/m1/s1. The van der Waals surface area contributed by atoms with E-state index in [0.29, 0.717) is 43.2 Å². The molecule has 0 bridgehead atoms. The molecule has 0 unspecified atom stereocenters. The Morgan fingerprint density at radius 2 is 2.08 bits per heavy atom. The van der Waals surface area contributed by atoms with Crippen LogP contribution in [-0.2, 0) is 11.3 Å². The molecule has 1 fully saturated rings. The number of nitrogens with zero attached hydrogens (tertiary/aromatic N) is 5. The van der Waals surface area contributed by atoms with Gasteiger partial charge >= 0.3 is 0 Å². The topological polar surface area (TPSA) is 89.9 Å².